The predicted octanol–water partition coefficient (Wildman–Crippen LogP) is 5.37. The van der Waals surface area contributed by atoms with E-state index in [9.17, 15) is 29.1 Å². The molecule has 3 atom stereocenters. The Morgan fingerprint density at radius 2 is 1.64 bits per heavy atom. The zero-order valence-corrected chi connectivity index (χ0v) is 28.6. The summed E-state index contributed by atoms with van der Waals surface area (Å²) in [4.78, 5) is 74.2. The number of ketones is 1. The number of nitrogens with one attached hydrogen (secondary N) is 3. The third kappa shape index (κ3) is 8.32. The van der Waals surface area contributed by atoms with Crippen molar-refractivity contribution in [3.05, 3.63) is 106 Å². The molecule has 260 valence electrons. The Morgan fingerprint density at radius 1 is 0.960 bits per heavy atom. The largest absolute Gasteiger partial charge is 0.481 e. The molecule has 0 saturated carbocycles. The lowest BCUT2D eigenvalue weighted by Gasteiger charge is -2.29. The van der Waals surface area contributed by atoms with Gasteiger partial charge in [0.1, 0.15) is 11.7 Å². The molecule has 50 heavy (non-hydrogen) atoms. The molecule has 0 saturated heterocycles. The molecule has 0 bridgehead atoms. The maximum Gasteiger partial charge on any atom is 0.341 e. The van der Waals surface area contributed by atoms with E-state index in [0.717, 1.165) is 10.9 Å². The highest BCUT2D eigenvalue weighted by molar-refractivity contribution is 6.39. The first kappa shape index (κ1) is 36.1. The van der Waals surface area contributed by atoms with E-state index >= 15 is 0 Å². The number of H-pyrrole nitrogens is 1. The molecule has 1 aliphatic heterocycles. The highest BCUT2D eigenvalue weighted by Crippen LogP contribution is 2.32. The molecule has 2 heterocycles. The third-order valence-electron chi connectivity index (χ3n) is 8.22. The number of aromatic amines is 1. The average molecular weight is 722 g/mol. The van der Waals surface area contributed by atoms with E-state index in [-0.39, 0.29) is 40.3 Å². The van der Waals surface area contributed by atoms with Gasteiger partial charge in [0, 0.05) is 23.7 Å². The Morgan fingerprint density at radius 3 is 2.30 bits per heavy atom. The van der Waals surface area contributed by atoms with Crippen molar-refractivity contribution in [2.24, 2.45) is 11.1 Å². The second-order valence-corrected chi connectivity index (χ2v) is 13.1. The molecule has 2 amide bonds. The fraction of sp³-hybridized carbons (Fsp3) is 0.278. The minimum Gasteiger partial charge on any atom is -0.481 e. The van der Waals surface area contributed by atoms with Gasteiger partial charge in [-0.1, -0.05) is 96.8 Å². The summed E-state index contributed by atoms with van der Waals surface area (Å²) in [5, 5.41) is 20.2. The van der Waals surface area contributed by atoms with Crippen molar-refractivity contribution in [2.75, 3.05) is 6.61 Å². The molecule has 0 radical (unpaired) electrons. The van der Waals surface area contributed by atoms with Crippen LogP contribution in [-0.2, 0) is 30.4 Å². The van der Waals surface area contributed by atoms with Crippen molar-refractivity contribution in [1.82, 2.24) is 15.6 Å². The van der Waals surface area contributed by atoms with Crippen LogP contribution in [0.25, 0.3) is 10.9 Å². The van der Waals surface area contributed by atoms with E-state index in [1.807, 2.05) is 38.1 Å². The molecule has 3 aromatic carbocycles. The van der Waals surface area contributed by atoms with E-state index in [1.54, 1.807) is 36.4 Å². The average Bonchev–Trinajstić information content (AvgIpc) is 3.71. The summed E-state index contributed by atoms with van der Waals surface area (Å²) in [6.07, 6.45) is -0.891. The maximum atomic E-state index is 14.1. The molecule has 0 spiro atoms. The number of carboxylic acids is 1. The lowest BCUT2D eigenvalue weighted by atomic mass is 9.84. The van der Waals surface area contributed by atoms with Gasteiger partial charge in [0.25, 0.3) is 11.8 Å². The molecule has 5 rings (SSSR count). The summed E-state index contributed by atoms with van der Waals surface area (Å²) in [6, 6.07) is 20.3. The predicted molar refractivity (Wildman–Crippen MR) is 186 cm³/mol. The highest BCUT2D eigenvalue weighted by Gasteiger charge is 2.49. The van der Waals surface area contributed by atoms with Gasteiger partial charge >= 0.3 is 11.9 Å². The second-order valence-electron chi connectivity index (χ2n) is 12.2. The van der Waals surface area contributed by atoms with Crippen LogP contribution in [0.3, 0.4) is 0 Å². The SMILES string of the molecule is CC(C)[C@H](NC(=O)c1cc2ccccc2[nH]1)C1=NOC(Cc2ccccc2)(C(=O)N[C@@H](CC(=O)O)C(=O)COC(=O)c2c(Cl)cccc2Cl)C1. The van der Waals surface area contributed by atoms with Crippen molar-refractivity contribution in [2.45, 2.75) is 50.8 Å². The molecular formula is C36H34Cl2N4O8. The topological polar surface area (TPSA) is 176 Å². The Labute approximate surface area is 297 Å². The Kier molecular flexibility index (Phi) is 11.2. The number of benzene rings is 3. The zero-order chi connectivity index (χ0) is 36.0. The van der Waals surface area contributed by atoms with Crippen LogP contribution < -0.4 is 10.6 Å². The van der Waals surface area contributed by atoms with Crippen molar-refractivity contribution < 1.29 is 38.7 Å². The van der Waals surface area contributed by atoms with Crippen molar-refractivity contribution in [1.29, 1.82) is 0 Å². The zero-order valence-electron chi connectivity index (χ0n) is 27.1. The normalized spacial score (nSPS) is 16.6. The van der Waals surface area contributed by atoms with E-state index < -0.39 is 54.3 Å². The number of aliphatic carboxylic acids is 1. The quantitative estimate of drug-likeness (QED) is 0.126. The number of rotatable bonds is 14. The van der Waals surface area contributed by atoms with Gasteiger partial charge in [-0.25, -0.2) is 4.79 Å². The van der Waals surface area contributed by atoms with Crippen molar-refractivity contribution in [3.63, 3.8) is 0 Å². The van der Waals surface area contributed by atoms with E-state index in [4.69, 9.17) is 32.8 Å². The lowest BCUT2D eigenvalue weighted by molar-refractivity contribution is -0.148. The number of ether oxygens (including phenoxy) is 1. The van der Waals surface area contributed by atoms with Crippen LogP contribution in [0.4, 0.5) is 0 Å². The van der Waals surface area contributed by atoms with Crippen LogP contribution in [0.1, 0.15) is 53.1 Å². The maximum absolute atomic E-state index is 14.1. The molecule has 1 aliphatic rings. The number of hydrogen-bond acceptors (Lipinski definition) is 8. The van der Waals surface area contributed by atoms with Crippen LogP contribution >= 0.6 is 23.2 Å². The Hall–Kier alpha value is -5.20. The minimum absolute atomic E-state index is 0.000376. The fourth-order valence-corrected chi connectivity index (χ4v) is 6.21. The molecule has 1 unspecified atom stereocenters. The lowest BCUT2D eigenvalue weighted by Crippen LogP contribution is -2.55. The molecule has 12 nitrogen and oxygen atoms in total. The second kappa shape index (κ2) is 15.6. The molecule has 0 fully saturated rings. The van der Waals surface area contributed by atoms with Gasteiger partial charge in [0.05, 0.1) is 33.8 Å². The molecule has 14 heteroatoms. The van der Waals surface area contributed by atoms with E-state index in [1.165, 1.54) is 18.2 Å². The number of oxime groups is 1. The van der Waals surface area contributed by atoms with Gasteiger partial charge in [0.15, 0.2) is 12.4 Å². The number of nitrogens with zero attached hydrogens (tertiary/aromatic N) is 1. The summed E-state index contributed by atoms with van der Waals surface area (Å²) < 4.78 is 5.11. The van der Waals surface area contributed by atoms with Crippen LogP contribution in [0.5, 0.6) is 0 Å². The summed E-state index contributed by atoms with van der Waals surface area (Å²) in [7, 11) is 0. The standard InChI is InChI=1S/C36H34Cl2N4O8/c1-20(2)32(41-33(46)27-15-22-11-6-7-14-25(22)39-27)28-18-36(50-42-28,17-21-9-4-3-5-10-21)35(48)40-26(16-30(44)45)29(43)19-49-34(47)31-23(37)12-8-13-24(31)38/h3-15,20,26,32,39H,16-19H2,1-2H3,(H,40,48)(H,41,46)(H,44,45)/t26-,32-,36?/m0/s1. The van der Waals surface area contributed by atoms with E-state index in [0.29, 0.717) is 17.0 Å². The number of aromatic nitrogens is 1. The number of para-hydroxylation sites is 1. The Balaban J connectivity index is 1.35. The van der Waals surface area contributed by atoms with Gasteiger partial charge in [-0.3, -0.25) is 19.2 Å². The van der Waals surface area contributed by atoms with Gasteiger partial charge in [0.2, 0.25) is 5.60 Å². The van der Waals surface area contributed by atoms with Gasteiger partial charge in [-0.2, -0.15) is 0 Å². The molecule has 4 aromatic rings. The first-order chi connectivity index (χ1) is 23.9. The van der Waals surface area contributed by atoms with Crippen LogP contribution in [0, 0.1) is 5.92 Å². The number of amides is 2. The summed E-state index contributed by atoms with van der Waals surface area (Å²) in [6.45, 7) is 2.89. The smallest absolute Gasteiger partial charge is 0.341 e. The molecule has 0 aliphatic carbocycles. The first-order valence-electron chi connectivity index (χ1n) is 15.7. The number of carbonyl (C=O) groups is 5. The van der Waals surface area contributed by atoms with Crippen molar-refractivity contribution >= 4 is 69.4 Å². The van der Waals surface area contributed by atoms with Crippen molar-refractivity contribution in [3.8, 4) is 0 Å². The molecule has 1 aromatic heterocycles. The molecular weight excluding hydrogens is 687 g/mol. The summed E-state index contributed by atoms with van der Waals surface area (Å²) in [5.41, 5.74) is 0.346. The number of fused-ring (bicyclic) bond motifs is 1. The summed E-state index contributed by atoms with van der Waals surface area (Å²) in [5.74, 6) is -4.65. The Bertz CT molecular complexity index is 1910. The van der Waals surface area contributed by atoms with Crippen LogP contribution in [0.15, 0.2) is 84.0 Å². The van der Waals surface area contributed by atoms with E-state index in [2.05, 4.69) is 20.8 Å². The highest BCUT2D eigenvalue weighted by atomic mass is 35.5. The number of Topliss-reactive ketones (excluding diaryl/α,β-unsaturated/α-hetero) is 1. The number of carboxylic acid groups (broad SMARTS) is 1. The molecule has 4 N–H and O–H groups in total. The van der Waals surface area contributed by atoms with Gasteiger partial charge in [-0.05, 0) is 35.7 Å². The number of halogens is 2. The number of esters is 1. The van der Waals surface area contributed by atoms with Gasteiger partial charge in [-0.15, -0.1) is 0 Å². The van der Waals surface area contributed by atoms with Crippen LogP contribution in [-0.4, -0.2) is 69.6 Å². The minimum atomic E-state index is -1.71. The summed E-state index contributed by atoms with van der Waals surface area (Å²) >= 11 is 12.1. The fourth-order valence-electron chi connectivity index (χ4n) is 5.65. The first-order valence-corrected chi connectivity index (χ1v) is 16.5. The number of hydrogen-bond donors (Lipinski definition) is 4. The number of carbonyl (C=O) groups excluding carboxylic acids is 4. The monoisotopic (exact) mass is 720 g/mol. The van der Waals surface area contributed by atoms with Gasteiger partial charge < -0.3 is 30.3 Å². The third-order valence-corrected chi connectivity index (χ3v) is 8.85. The van der Waals surface area contributed by atoms with Crippen LogP contribution in [0.2, 0.25) is 10.0 Å².